The molecule has 3 heterocycles. The Morgan fingerprint density at radius 3 is 2.88 bits per heavy atom. The normalized spacial score (nSPS) is 14.3. The molecule has 2 aromatic rings. The number of pyridine rings is 1. The van der Waals surface area contributed by atoms with Crippen LogP contribution in [0, 0.1) is 0 Å². The van der Waals surface area contributed by atoms with Gasteiger partial charge in [0.1, 0.15) is 5.69 Å². The van der Waals surface area contributed by atoms with Crippen LogP contribution in [-0.2, 0) is 14.3 Å². The van der Waals surface area contributed by atoms with Crippen molar-refractivity contribution in [2.45, 2.75) is 25.7 Å². The number of esters is 1. The molecule has 8 heteroatoms. The zero-order valence-electron chi connectivity index (χ0n) is 13.3. The third kappa shape index (κ3) is 3.58. The lowest BCUT2D eigenvalue weighted by Crippen LogP contribution is -2.48. The van der Waals surface area contributed by atoms with Gasteiger partial charge < -0.3 is 14.2 Å². The highest BCUT2D eigenvalue weighted by molar-refractivity contribution is 5.82. The Morgan fingerprint density at radius 1 is 1.33 bits per heavy atom. The van der Waals surface area contributed by atoms with Crippen LogP contribution in [0.5, 0.6) is 0 Å². The lowest BCUT2D eigenvalue weighted by molar-refractivity contribution is -0.146. The fourth-order valence-electron chi connectivity index (χ4n) is 2.44. The van der Waals surface area contributed by atoms with Gasteiger partial charge in [-0.1, -0.05) is 11.2 Å². The topological polar surface area (TPSA) is 98.4 Å². The first-order valence-corrected chi connectivity index (χ1v) is 7.85. The summed E-state index contributed by atoms with van der Waals surface area (Å²) in [6.07, 6.45) is 1.94. The molecule has 24 heavy (non-hydrogen) atoms. The number of hydrogen-bond acceptors (Lipinski definition) is 7. The summed E-state index contributed by atoms with van der Waals surface area (Å²) < 4.78 is 10.1. The quantitative estimate of drug-likeness (QED) is 0.738. The van der Waals surface area contributed by atoms with E-state index in [9.17, 15) is 9.59 Å². The van der Waals surface area contributed by atoms with Crippen LogP contribution < -0.4 is 0 Å². The summed E-state index contributed by atoms with van der Waals surface area (Å²) in [5.41, 5.74) is 0.647. The van der Waals surface area contributed by atoms with E-state index in [4.69, 9.17) is 9.26 Å². The molecule has 0 spiro atoms. The van der Waals surface area contributed by atoms with E-state index in [-0.39, 0.29) is 30.6 Å². The molecule has 1 aliphatic rings. The number of rotatable bonds is 6. The maximum absolute atomic E-state index is 12.0. The van der Waals surface area contributed by atoms with Crippen molar-refractivity contribution in [1.29, 1.82) is 0 Å². The Labute approximate surface area is 138 Å². The molecular weight excluding hydrogens is 312 g/mol. The lowest BCUT2D eigenvalue weighted by Gasteiger charge is -2.37. The van der Waals surface area contributed by atoms with Gasteiger partial charge in [-0.2, -0.15) is 4.98 Å². The lowest BCUT2D eigenvalue weighted by atomic mass is 9.99. The Kier molecular flexibility index (Phi) is 4.83. The summed E-state index contributed by atoms with van der Waals surface area (Å²) in [5.74, 6) is 0.563. The van der Waals surface area contributed by atoms with Crippen LogP contribution >= 0.6 is 0 Å². The molecule has 0 radical (unpaired) electrons. The zero-order valence-corrected chi connectivity index (χ0v) is 13.3. The van der Waals surface area contributed by atoms with Crippen molar-refractivity contribution in [2.75, 3.05) is 19.7 Å². The largest absolute Gasteiger partial charge is 0.466 e. The predicted octanol–water partition coefficient (Wildman–Crippen LogP) is 1.40. The molecule has 0 saturated carbocycles. The van der Waals surface area contributed by atoms with Gasteiger partial charge in [0, 0.05) is 25.7 Å². The molecule has 0 aliphatic carbocycles. The molecule has 126 valence electrons. The van der Waals surface area contributed by atoms with E-state index in [1.54, 1.807) is 24.1 Å². The Hall–Kier alpha value is -2.77. The summed E-state index contributed by atoms with van der Waals surface area (Å²) in [4.78, 5) is 33.4. The third-order valence-corrected chi connectivity index (χ3v) is 3.77. The van der Waals surface area contributed by atoms with Crippen LogP contribution in [-0.4, -0.2) is 51.6 Å². The van der Waals surface area contributed by atoms with E-state index >= 15 is 0 Å². The second-order valence-electron chi connectivity index (χ2n) is 5.47. The Bertz CT molecular complexity index is 710. The fourth-order valence-corrected chi connectivity index (χ4v) is 2.44. The minimum absolute atomic E-state index is 0.0292. The number of aromatic nitrogens is 3. The number of carbonyl (C=O) groups is 2. The minimum atomic E-state index is -0.347. The first-order chi connectivity index (χ1) is 11.7. The van der Waals surface area contributed by atoms with Crippen molar-refractivity contribution in [1.82, 2.24) is 20.0 Å². The number of carbonyl (C=O) groups excluding carboxylic acids is 2. The van der Waals surface area contributed by atoms with E-state index in [2.05, 4.69) is 15.1 Å². The number of likely N-dealkylation sites (tertiary alicyclic amines) is 1. The molecule has 1 fully saturated rings. The molecule has 1 amide bonds. The molecule has 0 bridgehead atoms. The van der Waals surface area contributed by atoms with E-state index < -0.39 is 0 Å². The summed E-state index contributed by atoms with van der Waals surface area (Å²) in [5, 5.41) is 3.93. The number of hydrogen-bond donors (Lipinski definition) is 0. The van der Waals surface area contributed by atoms with E-state index in [0.29, 0.717) is 37.1 Å². The molecule has 0 atom stereocenters. The molecular formula is C16H18N4O4. The zero-order chi connectivity index (χ0) is 16.9. The van der Waals surface area contributed by atoms with Gasteiger partial charge in [-0.05, 0) is 19.1 Å². The minimum Gasteiger partial charge on any atom is -0.466 e. The van der Waals surface area contributed by atoms with Gasteiger partial charge in [-0.25, -0.2) is 0 Å². The smallest absolute Gasteiger partial charge is 0.306 e. The third-order valence-electron chi connectivity index (χ3n) is 3.77. The fraction of sp³-hybridized carbons (Fsp3) is 0.438. The molecule has 2 aromatic heterocycles. The summed E-state index contributed by atoms with van der Waals surface area (Å²) >= 11 is 0. The van der Waals surface area contributed by atoms with Crippen LogP contribution in [0.25, 0.3) is 11.5 Å². The average molecular weight is 330 g/mol. The van der Waals surface area contributed by atoms with Crippen molar-refractivity contribution in [3.05, 3.63) is 30.3 Å². The van der Waals surface area contributed by atoms with Crippen molar-refractivity contribution in [2.24, 2.45) is 0 Å². The van der Waals surface area contributed by atoms with E-state index in [1.165, 1.54) is 0 Å². The van der Waals surface area contributed by atoms with Crippen molar-refractivity contribution >= 4 is 11.9 Å². The second-order valence-corrected chi connectivity index (χ2v) is 5.47. The van der Waals surface area contributed by atoms with Crippen molar-refractivity contribution in [3.63, 3.8) is 0 Å². The maximum atomic E-state index is 12.0. The van der Waals surface area contributed by atoms with Crippen LogP contribution in [0.3, 0.4) is 0 Å². The van der Waals surface area contributed by atoms with E-state index in [0.717, 1.165) is 0 Å². The Morgan fingerprint density at radius 2 is 2.17 bits per heavy atom. The highest BCUT2D eigenvalue weighted by atomic mass is 16.5. The SMILES string of the molecule is CCOC(=O)CCC(=O)N1CC(c2nc(-c3ccccn3)no2)C1. The first kappa shape index (κ1) is 16.1. The molecule has 0 N–H and O–H groups in total. The van der Waals surface area contributed by atoms with E-state index in [1.807, 2.05) is 12.1 Å². The van der Waals surface area contributed by atoms with Crippen LogP contribution in [0.4, 0.5) is 0 Å². The maximum Gasteiger partial charge on any atom is 0.306 e. The van der Waals surface area contributed by atoms with Crippen molar-refractivity contribution < 1.29 is 18.8 Å². The Balaban J connectivity index is 1.49. The second kappa shape index (κ2) is 7.20. The highest BCUT2D eigenvalue weighted by Gasteiger charge is 2.35. The van der Waals surface area contributed by atoms with Gasteiger partial charge >= 0.3 is 5.97 Å². The van der Waals surface area contributed by atoms with Gasteiger partial charge in [-0.15, -0.1) is 0 Å². The summed E-state index contributed by atoms with van der Waals surface area (Å²) in [7, 11) is 0. The molecule has 1 aliphatic heterocycles. The number of amides is 1. The summed E-state index contributed by atoms with van der Waals surface area (Å²) in [6.45, 7) is 3.11. The number of nitrogens with zero attached hydrogens (tertiary/aromatic N) is 4. The molecule has 0 unspecified atom stereocenters. The van der Waals surface area contributed by atoms with Gasteiger partial charge in [0.25, 0.3) is 0 Å². The summed E-state index contributed by atoms with van der Waals surface area (Å²) in [6, 6.07) is 5.47. The van der Waals surface area contributed by atoms with Gasteiger partial charge in [0.05, 0.1) is 18.9 Å². The molecule has 0 aromatic carbocycles. The molecule has 1 saturated heterocycles. The number of ether oxygens (including phenoxy) is 1. The monoisotopic (exact) mass is 330 g/mol. The first-order valence-electron chi connectivity index (χ1n) is 7.85. The van der Waals surface area contributed by atoms with Gasteiger partial charge in [0.15, 0.2) is 0 Å². The van der Waals surface area contributed by atoms with Crippen LogP contribution in [0.1, 0.15) is 31.6 Å². The molecule has 3 rings (SSSR count). The van der Waals surface area contributed by atoms with Crippen LogP contribution in [0.2, 0.25) is 0 Å². The van der Waals surface area contributed by atoms with Gasteiger partial charge in [-0.3, -0.25) is 14.6 Å². The molecule has 8 nitrogen and oxygen atoms in total. The van der Waals surface area contributed by atoms with Gasteiger partial charge in [0.2, 0.25) is 17.6 Å². The van der Waals surface area contributed by atoms with Crippen LogP contribution in [0.15, 0.2) is 28.9 Å². The standard InChI is InChI=1S/C16H18N4O4/c1-2-23-14(22)7-6-13(21)20-9-11(10-20)16-18-15(19-24-16)12-5-3-4-8-17-12/h3-5,8,11H,2,6-7,9-10H2,1H3. The van der Waals surface area contributed by atoms with Crippen molar-refractivity contribution in [3.8, 4) is 11.5 Å². The predicted molar refractivity (Wildman–Crippen MR) is 82.7 cm³/mol. The highest BCUT2D eigenvalue weighted by Crippen LogP contribution is 2.27. The average Bonchev–Trinajstić information content (AvgIpc) is 3.02.